The molecule has 2 aromatic carbocycles. The molecule has 0 radical (unpaired) electrons. The van der Waals surface area contributed by atoms with E-state index in [4.69, 9.17) is 18.9 Å². The van der Waals surface area contributed by atoms with Crippen molar-refractivity contribution in [2.45, 2.75) is 12.8 Å². The molecule has 2 aliphatic rings. The van der Waals surface area contributed by atoms with Gasteiger partial charge in [0.15, 0.2) is 29.6 Å². The molecule has 31 heavy (non-hydrogen) atoms. The van der Waals surface area contributed by atoms with Crippen molar-refractivity contribution in [3.8, 4) is 23.0 Å². The number of likely N-dealkylation sites (tertiary alicyclic amines) is 1. The minimum Gasteiger partial charge on any atom is -0.493 e. The van der Waals surface area contributed by atoms with E-state index < -0.39 is 0 Å². The first-order valence-electron chi connectivity index (χ1n) is 10.4. The molecule has 0 aromatic heterocycles. The van der Waals surface area contributed by atoms with E-state index in [1.807, 2.05) is 17.0 Å². The Hall–Kier alpha value is -3.42. The number of ether oxygens (including phenoxy) is 4. The normalized spacial score (nSPS) is 17.2. The van der Waals surface area contributed by atoms with Gasteiger partial charge in [-0.1, -0.05) is 12.1 Å². The number of methoxy groups -OCH3 is 1. The van der Waals surface area contributed by atoms with Crippen LogP contribution in [0.25, 0.3) is 0 Å². The maximum absolute atomic E-state index is 12.9. The Labute approximate surface area is 181 Å². The Balaban J connectivity index is 1.26. The molecule has 1 saturated heterocycles. The molecule has 0 spiro atoms. The molecular formula is C23H26N2O6. The highest BCUT2D eigenvalue weighted by Crippen LogP contribution is 2.33. The number of hydrogen-bond acceptors (Lipinski definition) is 6. The van der Waals surface area contributed by atoms with Gasteiger partial charge < -0.3 is 29.2 Å². The number of piperidine rings is 1. The van der Waals surface area contributed by atoms with Crippen LogP contribution >= 0.6 is 0 Å². The summed E-state index contributed by atoms with van der Waals surface area (Å²) in [5, 5.41) is 2.91. The molecule has 2 aromatic rings. The highest BCUT2D eigenvalue weighted by Gasteiger charge is 2.26. The van der Waals surface area contributed by atoms with Crippen LogP contribution in [-0.4, -0.2) is 56.9 Å². The first-order valence-corrected chi connectivity index (χ1v) is 10.4. The summed E-state index contributed by atoms with van der Waals surface area (Å²) in [5.74, 6) is 2.33. The van der Waals surface area contributed by atoms with E-state index >= 15 is 0 Å². The van der Waals surface area contributed by atoms with Gasteiger partial charge in [0.2, 0.25) is 6.79 Å². The molecule has 164 valence electrons. The van der Waals surface area contributed by atoms with E-state index in [1.54, 1.807) is 37.4 Å². The molecule has 1 fully saturated rings. The summed E-state index contributed by atoms with van der Waals surface area (Å²) in [7, 11) is 1.56. The Morgan fingerprint density at radius 1 is 1.13 bits per heavy atom. The van der Waals surface area contributed by atoms with Gasteiger partial charge in [-0.3, -0.25) is 9.59 Å². The summed E-state index contributed by atoms with van der Waals surface area (Å²) in [6, 6.07) is 12.4. The van der Waals surface area contributed by atoms with Crippen molar-refractivity contribution in [1.29, 1.82) is 0 Å². The minimum absolute atomic E-state index is 0.0335. The lowest BCUT2D eigenvalue weighted by atomic mass is 9.97. The maximum Gasteiger partial charge on any atom is 0.257 e. The van der Waals surface area contributed by atoms with E-state index in [1.165, 1.54) is 0 Å². The van der Waals surface area contributed by atoms with Crippen LogP contribution in [0, 0.1) is 5.92 Å². The number of hydrogen-bond donors (Lipinski definition) is 1. The summed E-state index contributed by atoms with van der Waals surface area (Å²) >= 11 is 0. The van der Waals surface area contributed by atoms with Gasteiger partial charge in [0.05, 0.1) is 7.11 Å². The number of para-hydroxylation sites is 2. The molecule has 8 heteroatoms. The summed E-state index contributed by atoms with van der Waals surface area (Å²) in [6.45, 7) is 1.89. The number of carbonyl (C=O) groups excluding carboxylic acids is 2. The number of fused-ring (bicyclic) bond motifs is 1. The summed E-state index contributed by atoms with van der Waals surface area (Å²) < 4.78 is 21.5. The van der Waals surface area contributed by atoms with Crippen LogP contribution in [0.15, 0.2) is 42.5 Å². The number of rotatable bonds is 7. The fourth-order valence-electron chi connectivity index (χ4n) is 3.82. The Morgan fingerprint density at radius 3 is 2.77 bits per heavy atom. The molecule has 1 N–H and O–H groups in total. The lowest BCUT2D eigenvalue weighted by Gasteiger charge is -2.33. The minimum atomic E-state index is -0.204. The van der Waals surface area contributed by atoms with Crippen LogP contribution in [0.5, 0.6) is 23.0 Å². The van der Waals surface area contributed by atoms with Crippen LogP contribution in [0.3, 0.4) is 0 Å². The zero-order valence-electron chi connectivity index (χ0n) is 17.5. The van der Waals surface area contributed by atoms with Gasteiger partial charge in [-0.05, 0) is 49.1 Å². The fraction of sp³-hybridized carbons (Fsp3) is 0.391. The predicted molar refractivity (Wildman–Crippen MR) is 113 cm³/mol. The Morgan fingerprint density at radius 2 is 1.94 bits per heavy atom. The predicted octanol–water partition coefficient (Wildman–Crippen LogP) is 2.47. The molecular weight excluding hydrogens is 400 g/mol. The SMILES string of the molecule is COc1ccccc1OCC(=O)NC[C@H]1CCCN(C(=O)c2ccc3c(c2)OCO3)C1. The third-order valence-corrected chi connectivity index (χ3v) is 5.44. The fourth-order valence-corrected chi connectivity index (χ4v) is 3.82. The smallest absolute Gasteiger partial charge is 0.257 e. The van der Waals surface area contributed by atoms with E-state index in [9.17, 15) is 9.59 Å². The number of nitrogens with one attached hydrogen (secondary N) is 1. The molecule has 0 saturated carbocycles. The van der Waals surface area contributed by atoms with Gasteiger partial charge in [-0.15, -0.1) is 0 Å². The molecule has 0 bridgehead atoms. The zero-order valence-corrected chi connectivity index (χ0v) is 17.5. The third kappa shape index (κ3) is 5.02. The largest absolute Gasteiger partial charge is 0.493 e. The van der Waals surface area contributed by atoms with E-state index in [2.05, 4.69) is 5.32 Å². The van der Waals surface area contributed by atoms with Crippen LogP contribution in [-0.2, 0) is 4.79 Å². The topological polar surface area (TPSA) is 86.3 Å². The van der Waals surface area contributed by atoms with Gasteiger partial charge in [0.1, 0.15) is 0 Å². The summed E-state index contributed by atoms with van der Waals surface area (Å²) in [5.41, 5.74) is 0.583. The van der Waals surface area contributed by atoms with Crippen molar-refractivity contribution in [1.82, 2.24) is 10.2 Å². The standard InChI is InChI=1S/C23H26N2O6/c1-28-18-6-2-3-7-19(18)29-14-22(26)24-12-16-5-4-10-25(13-16)23(27)17-8-9-20-21(11-17)31-15-30-20/h2-3,6-9,11,16H,4-5,10,12-15H2,1H3,(H,24,26)/t16-/m1/s1. The van der Waals surface area contributed by atoms with Gasteiger partial charge in [-0.25, -0.2) is 0 Å². The van der Waals surface area contributed by atoms with Crippen molar-refractivity contribution in [2.24, 2.45) is 5.92 Å². The summed E-state index contributed by atoms with van der Waals surface area (Å²) in [4.78, 5) is 27.0. The van der Waals surface area contributed by atoms with E-state index in [-0.39, 0.29) is 31.1 Å². The highest BCUT2D eigenvalue weighted by atomic mass is 16.7. The van der Waals surface area contributed by atoms with Crippen molar-refractivity contribution in [2.75, 3.05) is 40.1 Å². The first kappa shape index (κ1) is 20.8. The van der Waals surface area contributed by atoms with E-state index in [0.717, 1.165) is 12.8 Å². The number of benzene rings is 2. The number of nitrogens with zero attached hydrogens (tertiary/aromatic N) is 1. The maximum atomic E-state index is 12.9. The molecule has 1 atom stereocenters. The van der Waals surface area contributed by atoms with Crippen molar-refractivity contribution >= 4 is 11.8 Å². The second kappa shape index (κ2) is 9.59. The van der Waals surface area contributed by atoms with E-state index in [0.29, 0.717) is 48.2 Å². The lowest BCUT2D eigenvalue weighted by Crippen LogP contribution is -2.44. The third-order valence-electron chi connectivity index (χ3n) is 5.44. The van der Waals surface area contributed by atoms with Crippen molar-refractivity contribution in [3.63, 3.8) is 0 Å². The Bertz CT molecular complexity index is 947. The van der Waals surface area contributed by atoms with Crippen molar-refractivity contribution < 1.29 is 28.5 Å². The number of amides is 2. The molecule has 2 heterocycles. The molecule has 0 unspecified atom stereocenters. The first-order chi connectivity index (χ1) is 15.1. The second-order valence-electron chi connectivity index (χ2n) is 7.57. The van der Waals surface area contributed by atoms with Crippen LogP contribution < -0.4 is 24.3 Å². The van der Waals surface area contributed by atoms with Crippen molar-refractivity contribution in [3.05, 3.63) is 48.0 Å². The van der Waals surface area contributed by atoms with Gasteiger partial charge >= 0.3 is 0 Å². The molecule has 4 rings (SSSR count). The van der Waals surface area contributed by atoms with Crippen LogP contribution in [0.1, 0.15) is 23.2 Å². The zero-order chi connectivity index (χ0) is 21.6. The highest BCUT2D eigenvalue weighted by molar-refractivity contribution is 5.95. The molecule has 2 amide bonds. The van der Waals surface area contributed by atoms with Crippen LogP contribution in [0.4, 0.5) is 0 Å². The van der Waals surface area contributed by atoms with Gasteiger partial charge in [-0.2, -0.15) is 0 Å². The monoisotopic (exact) mass is 426 g/mol. The Kier molecular flexibility index (Phi) is 6.45. The quantitative estimate of drug-likeness (QED) is 0.732. The molecule has 0 aliphatic carbocycles. The summed E-state index contributed by atoms with van der Waals surface area (Å²) in [6.07, 6.45) is 1.85. The van der Waals surface area contributed by atoms with Gasteiger partial charge in [0.25, 0.3) is 11.8 Å². The average molecular weight is 426 g/mol. The lowest BCUT2D eigenvalue weighted by molar-refractivity contribution is -0.123. The molecule has 8 nitrogen and oxygen atoms in total. The second-order valence-corrected chi connectivity index (χ2v) is 7.57. The van der Waals surface area contributed by atoms with Crippen LogP contribution in [0.2, 0.25) is 0 Å². The number of carbonyl (C=O) groups is 2. The van der Waals surface area contributed by atoms with Gasteiger partial charge in [0, 0.05) is 25.2 Å². The average Bonchev–Trinajstić information content (AvgIpc) is 3.29. The molecule has 2 aliphatic heterocycles.